The first-order valence-electron chi connectivity index (χ1n) is 9.83. The van der Waals surface area contributed by atoms with E-state index in [9.17, 15) is 18.4 Å². The lowest BCUT2D eigenvalue weighted by Gasteiger charge is -2.34. The summed E-state index contributed by atoms with van der Waals surface area (Å²) in [6, 6.07) is 2.19. The molecule has 1 aromatic carbocycles. The molecule has 11 nitrogen and oxygen atoms in total. The number of aromatic nitrogens is 4. The molecule has 2 saturated heterocycles. The van der Waals surface area contributed by atoms with E-state index < -0.39 is 23.8 Å². The minimum atomic E-state index is -0.770. The molecule has 31 heavy (non-hydrogen) atoms. The third-order valence-electron chi connectivity index (χ3n) is 5.41. The van der Waals surface area contributed by atoms with E-state index in [2.05, 4.69) is 20.8 Å². The average Bonchev–Trinajstić information content (AvgIpc) is 3.31. The molecule has 13 heteroatoms. The van der Waals surface area contributed by atoms with Crippen LogP contribution in [0.4, 0.5) is 30.9 Å². The molecule has 0 radical (unpaired) electrons. The summed E-state index contributed by atoms with van der Waals surface area (Å²) in [5.74, 6) is -1.60. The summed E-state index contributed by atoms with van der Waals surface area (Å²) < 4.78 is 36.4. The summed E-state index contributed by atoms with van der Waals surface area (Å²) in [4.78, 5) is 25.9. The van der Waals surface area contributed by atoms with Gasteiger partial charge in [0.1, 0.15) is 11.8 Å². The lowest BCUT2D eigenvalue weighted by molar-refractivity contribution is -0.119. The fraction of sp³-hybridized carbons (Fsp3) is 0.500. The van der Waals surface area contributed by atoms with Crippen molar-refractivity contribution in [1.82, 2.24) is 25.5 Å². The van der Waals surface area contributed by atoms with Gasteiger partial charge in [0.05, 0.1) is 24.8 Å². The Bertz CT molecular complexity index is 969. The molecule has 2 aliphatic rings. The zero-order valence-electron chi connectivity index (χ0n) is 16.8. The van der Waals surface area contributed by atoms with Crippen molar-refractivity contribution in [3.8, 4) is 0 Å². The number of nitrogen functional groups attached to an aromatic ring is 1. The monoisotopic (exact) mass is 436 g/mol. The van der Waals surface area contributed by atoms with Gasteiger partial charge in [-0.1, -0.05) is 5.10 Å². The number of hydrogen-bond acceptors (Lipinski definition) is 8. The predicted octanol–water partition coefficient (Wildman–Crippen LogP) is 0.836. The fourth-order valence-electron chi connectivity index (χ4n) is 3.90. The Morgan fingerprint density at radius 2 is 1.97 bits per heavy atom. The van der Waals surface area contributed by atoms with Crippen LogP contribution in [0.1, 0.15) is 25.8 Å². The molecule has 0 aliphatic carbocycles. The molecule has 2 aliphatic heterocycles. The van der Waals surface area contributed by atoms with Crippen LogP contribution in [0.5, 0.6) is 0 Å². The first-order valence-corrected chi connectivity index (χ1v) is 9.83. The van der Waals surface area contributed by atoms with Crippen molar-refractivity contribution >= 4 is 29.3 Å². The Morgan fingerprint density at radius 3 is 2.55 bits per heavy atom. The van der Waals surface area contributed by atoms with Crippen molar-refractivity contribution in [1.29, 1.82) is 0 Å². The van der Waals surface area contributed by atoms with Gasteiger partial charge in [-0.3, -0.25) is 9.69 Å². The highest BCUT2D eigenvalue weighted by atomic mass is 19.1. The molecule has 2 fully saturated rings. The number of anilines is 3. The quantitative estimate of drug-likeness (QED) is 0.705. The van der Waals surface area contributed by atoms with Gasteiger partial charge in [-0.2, -0.15) is 0 Å². The minimum absolute atomic E-state index is 0.0449. The molecular formula is C18H22F2N8O3. The SMILES string of the molecule is CC(=O)NC[C@H]1CN(c2cc(F)c(N3CCC(n4nnnc4N)CC3)c(F)c2)C(=O)O1. The second-order valence-electron chi connectivity index (χ2n) is 7.51. The number of ether oxygens (including phenoxy) is 1. The largest absolute Gasteiger partial charge is 0.442 e. The number of piperidine rings is 1. The number of cyclic esters (lactones) is 1. The van der Waals surface area contributed by atoms with Gasteiger partial charge in [0.2, 0.25) is 11.9 Å². The minimum Gasteiger partial charge on any atom is -0.442 e. The van der Waals surface area contributed by atoms with E-state index in [4.69, 9.17) is 10.5 Å². The number of nitrogens with one attached hydrogen (secondary N) is 1. The van der Waals surface area contributed by atoms with Crippen molar-refractivity contribution in [2.75, 3.05) is 41.7 Å². The van der Waals surface area contributed by atoms with E-state index in [0.29, 0.717) is 25.9 Å². The summed E-state index contributed by atoms with van der Waals surface area (Å²) in [6.07, 6.45) is -0.181. The summed E-state index contributed by atoms with van der Waals surface area (Å²) in [7, 11) is 0. The number of rotatable bonds is 5. The summed E-state index contributed by atoms with van der Waals surface area (Å²) in [5.41, 5.74) is 5.64. The van der Waals surface area contributed by atoms with E-state index in [1.54, 1.807) is 4.90 Å². The van der Waals surface area contributed by atoms with Crippen LogP contribution < -0.4 is 20.9 Å². The topological polar surface area (TPSA) is 132 Å². The molecule has 1 atom stereocenters. The molecule has 2 aromatic rings. The van der Waals surface area contributed by atoms with Crippen molar-refractivity contribution in [2.45, 2.75) is 31.9 Å². The summed E-state index contributed by atoms with van der Waals surface area (Å²) in [5, 5.41) is 13.6. The lowest BCUT2D eigenvalue weighted by Crippen LogP contribution is -2.36. The van der Waals surface area contributed by atoms with Gasteiger partial charge in [-0.25, -0.2) is 18.3 Å². The van der Waals surface area contributed by atoms with E-state index in [0.717, 1.165) is 17.0 Å². The standard InChI is InChI=1S/C18H22F2N8O3/c1-10(29)22-8-13-9-27(18(30)31-13)12-6-14(19)16(15(20)7-12)26-4-2-11(3-5-26)28-17(21)23-24-25-28/h6-7,11,13H,2-5,8-9H2,1H3,(H,22,29)(H2,21,23,25)/t13-/m0/s1. The van der Waals surface area contributed by atoms with Crippen LogP contribution in [0.3, 0.4) is 0 Å². The van der Waals surface area contributed by atoms with Crippen LogP contribution in [0.15, 0.2) is 12.1 Å². The second-order valence-corrected chi connectivity index (χ2v) is 7.51. The smallest absolute Gasteiger partial charge is 0.414 e. The van der Waals surface area contributed by atoms with E-state index >= 15 is 0 Å². The molecule has 0 bridgehead atoms. The number of carbonyl (C=O) groups is 2. The number of nitrogens with two attached hydrogens (primary N) is 1. The maximum atomic E-state index is 14.9. The summed E-state index contributed by atoms with van der Waals surface area (Å²) >= 11 is 0. The highest BCUT2D eigenvalue weighted by Crippen LogP contribution is 2.34. The predicted molar refractivity (Wildman–Crippen MR) is 105 cm³/mol. The van der Waals surface area contributed by atoms with Crippen LogP contribution in [0, 0.1) is 11.6 Å². The van der Waals surface area contributed by atoms with Crippen molar-refractivity contribution in [3.63, 3.8) is 0 Å². The van der Waals surface area contributed by atoms with Crippen LogP contribution in [-0.2, 0) is 9.53 Å². The first-order chi connectivity index (χ1) is 14.8. The van der Waals surface area contributed by atoms with Gasteiger partial charge in [0.15, 0.2) is 11.6 Å². The fourth-order valence-corrected chi connectivity index (χ4v) is 3.90. The van der Waals surface area contributed by atoms with Gasteiger partial charge < -0.3 is 20.7 Å². The Labute approximate surface area is 176 Å². The molecule has 0 unspecified atom stereocenters. The molecule has 0 saturated carbocycles. The number of benzene rings is 1. The van der Waals surface area contributed by atoms with Gasteiger partial charge >= 0.3 is 6.09 Å². The number of carbonyl (C=O) groups excluding carboxylic acids is 2. The Kier molecular flexibility index (Phi) is 5.57. The zero-order chi connectivity index (χ0) is 22.1. The molecule has 3 heterocycles. The molecule has 2 amide bonds. The third-order valence-corrected chi connectivity index (χ3v) is 5.41. The second kappa shape index (κ2) is 8.32. The molecule has 166 valence electrons. The van der Waals surface area contributed by atoms with Crippen molar-refractivity contribution in [3.05, 3.63) is 23.8 Å². The van der Waals surface area contributed by atoms with Crippen LogP contribution >= 0.6 is 0 Å². The third kappa shape index (κ3) is 4.20. The maximum absolute atomic E-state index is 14.9. The normalized spacial score (nSPS) is 19.6. The van der Waals surface area contributed by atoms with E-state index in [-0.39, 0.29) is 42.4 Å². The maximum Gasteiger partial charge on any atom is 0.414 e. The Balaban J connectivity index is 1.45. The van der Waals surface area contributed by atoms with Gasteiger partial charge in [0.25, 0.3) is 0 Å². The average molecular weight is 436 g/mol. The zero-order valence-corrected chi connectivity index (χ0v) is 16.8. The molecule has 1 aromatic heterocycles. The van der Waals surface area contributed by atoms with Crippen LogP contribution in [0.25, 0.3) is 0 Å². The molecular weight excluding hydrogens is 414 g/mol. The van der Waals surface area contributed by atoms with Crippen molar-refractivity contribution < 1.29 is 23.1 Å². The number of halogens is 2. The van der Waals surface area contributed by atoms with Crippen molar-refractivity contribution in [2.24, 2.45) is 0 Å². The Morgan fingerprint density at radius 1 is 1.29 bits per heavy atom. The highest BCUT2D eigenvalue weighted by molar-refractivity contribution is 5.90. The lowest BCUT2D eigenvalue weighted by atomic mass is 10.0. The molecule has 4 rings (SSSR count). The van der Waals surface area contributed by atoms with E-state index in [1.165, 1.54) is 11.6 Å². The Hall–Kier alpha value is -3.51. The number of hydrogen-bond donors (Lipinski definition) is 2. The molecule has 0 spiro atoms. The number of amides is 2. The van der Waals surface area contributed by atoms with Gasteiger partial charge in [0, 0.05) is 32.1 Å². The summed E-state index contributed by atoms with van der Waals surface area (Å²) in [6.45, 7) is 2.33. The van der Waals surface area contributed by atoms with Crippen LogP contribution in [-0.4, -0.2) is 64.5 Å². The van der Waals surface area contributed by atoms with Gasteiger partial charge in [-0.05, 0) is 23.3 Å². The van der Waals surface area contributed by atoms with E-state index in [1.807, 2.05) is 0 Å². The van der Waals surface area contributed by atoms with Gasteiger partial charge in [-0.15, -0.1) is 0 Å². The number of nitrogens with zero attached hydrogens (tertiary/aromatic N) is 6. The highest BCUT2D eigenvalue weighted by Gasteiger charge is 2.34. The molecule has 3 N–H and O–H groups in total. The first kappa shape index (κ1) is 20.8. The van der Waals surface area contributed by atoms with Crippen LogP contribution in [0.2, 0.25) is 0 Å². The number of tetrazole rings is 1.